The second-order valence-electron chi connectivity index (χ2n) is 4.98. The van der Waals surface area contributed by atoms with Crippen molar-refractivity contribution < 1.29 is 0 Å². The van der Waals surface area contributed by atoms with Gasteiger partial charge in [-0.25, -0.2) is 0 Å². The highest BCUT2D eigenvalue weighted by molar-refractivity contribution is 5.33. The molecule has 0 fully saturated rings. The molecule has 2 atom stereocenters. The summed E-state index contributed by atoms with van der Waals surface area (Å²) >= 11 is 0. The molecule has 0 heteroatoms. The second kappa shape index (κ2) is 3.76. The third-order valence-electron chi connectivity index (χ3n) is 3.61. The zero-order chi connectivity index (χ0) is 10.1. The first-order valence-electron chi connectivity index (χ1n) is 5.78. The summed E-state index contributed by atoms with van der Waals surface area (Å²) < 4.78 is 0. The summed E-state index contributed by atoms with van der Waals surface area (Å²) in [5.74, 6) is 2.40. The van der Waals surface area contributed by atoms with Crippen molar-refractivity contribution in [2.75, 3.05) is 0 Å². The highest BCUT2D eigenvalue weighted by Crippen LogP contribution is 2.40. The van der Waals surface area contributed by atoms with Crippen LogP contribution >= 0.6 is 0 Å². The van der Waals surface area contributed by atoms with Crippen molar-refractivity contribution in [3.05, 3.63) is 35.4 Å². The van der Waals surface area contributed by atoms with Gasteiger partial charge < -0.3 is 0 Å². The summed E-state index contributed by atoms with van der Waals surface area (Å²) in [5, 5.41) is 0. The molecule has 1 aromatic rings. The van der Waals surface area contributed by atoms with E-state index >= 15 is 0 Å². The molecule has 0 saturated carbocycles. The molecule has 0 nitrogen and oxygen atoms in total. The number of hydrogen-bond acceptors (Lipinski definition) is 0. The van der Waals surface area contributed by atoms with Crippen LogP contribution in [-0.4, -0.2) is 0 Å². The third-order valence-corrected chi connectivity index (χ3v) is 3.61. The first kappa shape index (κ1) is 9.76. The Labute approximate surface area is 87.3 Å². The molecule has 0 heterocycles. The lowest BCUT2D eigenvalue weighted by Gasteiger charge is -2.34. The Morgan fingerprint density at radius 2 is 1.93 bits per heavy atom. The van der Waals surface area contributed by atoms with Gasteiger partial charge in [0.15, 0.2) is 0 Å². The SMILES string of the molecule is CC(C)[C@@H]1c2ccccc2CC[C@@H]1C. The predicted molar refractivity (Wildman–Crippen MR) is 61.5 cm³/mol. The third kappa shape index (κ3) is 1.58. The van der Waals surface area contributed by atoms with Crippen molar-refractivity contribution in [2.24, 2.45) is 11.8 Å². The zero-order valence-electron chi connectivity index (χ0n) is 9.46. The maximum Gasteiger partial charge on any atom is -0.0110 e. The topological polar surface area (TPSA) is 0 Å². The van der Waals surface area contributed by atoms with E-state index in [9.17, 15) is 0 Å². The highest BCUT2D eigenvalue weighted by atomic mass is 14.3. The predicted octanol–water partition coefficient (Wildman–Crippen LogP) is 4.01. The zero-order valence-corrected chi connectivity index (χ0v) is 9.46. The number of aryl methyl sites for hydroxylation is 1. The lowest BCUT2D eigenvalue weighted by atomic mass is 9.71. The minimum atomic E-state index is 0.770. The quantitative estimate of drug-likeness (QED) is 0.624. The molecule has 0 radical (unpaired) electrons. The molecule has 14 heavy (non-hydrogen) atoms. The van der Waals surface area contributed by atoms with Crippen LogP contribution in [0.5, 0.6) is 0 Å². The molecule has 0 spiro atoms. The van der Waals surface area contributed by atoms with Gasteiger partial charge in [-0.15, -0.1) is 0 Å². The minimum Gasteiger partial charge on any atom is -0.0622 e. The van der Waals surface area contributed by atoms with E-state index in [0.29, 0.717) is 0 Å². The van der Waals surface area contributed by atoms with Crippen molar-refractivity contribution >= 4 is 0 Å². The van der Waals surface area contributed by atoms with Crippen molar-refractivity contribution in [2.45, 2.75) is 39.5 Å². The van der Waals surface area contributed by atoms with E-state index in [4.69, 9.17) is 0 Å². The first-order chi connectivity index (χ1) is 6.70. The molecular formula is C14H20. The molecule has 0 aliphatic heterocycles. The van der Waals surface area contributed by atoms with Crippen molar-refractivity contribution in [1.82, 2.24) is 0 Å². The Morgan fingerprint density at radius 3 is 2.64 bits per heavy atom. The van der Waals surface area contributed by atoms with Crippen LogP contribution in [0.4, 0.5) is 0 Å². The summed E-state index contributed by atoms with van der Waals surface area (Å²) in [6.45, 7) is 7.10. The van der Waals surface area contributed by atoms with E-state index in [1.165, 1.54) is 12.8 Å². The number of fused-ring (bicyclic) bond motifs is 1. The molecule has 0 bridgehead atoms. The van der Waals surface area contributed by atoms with E-state index in [1.807, 2.05) is 0 Å². The number of hydrogen-bond donors (Lipinski definition) is 0. The van der Waals surface area contributed by atoms with E-state index < -0.39 is 0 Å². The monoisotopic (exact) mass is 188 g/mol. The van der Waals surface area contributed by atoms with Crippen molar-refractivity contribution in [3.8, 4) is 0 Å². The minimum absolute atomic E-state index is 0.770. The molecule has 0 unspecified atom stereocenters. The summed E-state index contributed by atoms with van der Waals surface area (Å²) in [7, 11) is 0. The Morgan fingerprint density at radius 1 is 1.21 bits per heavy atom. The van der Waals surface area contributed by atoms with Gasteiger partial charge in [-0.05, 0) is 41.7 Å². The van der Waals surface area contributed by atoms with E-state index in [1.54, 1.807) is 11.1 Å². The highest BCUT2D eigenvalue weighted by Gasteiger charge is 2.28. The van der Waals surface area contributed by atoms with Gasteiger partial charge in [0.1, 0.15) is 0 Å². The fourth-order valence-corrected chi connectivity index (χ4v) is 2.97. The molecule has 1 aromatic carbocycles. The molecule has 0 saturated heterocycles. The smallest absolute Gasteiger partial charge is 0.0110 e. The van der Waals surface area contributed by atoms with Gasteiger partial charge in [0, 0.05) is 0 Å². The summed E-state index contributed by atoms with van der Waals surface area (Å²) in [6, 6.07) is 8.99. The van der Waals surface area contributed by atoms with Crippen LogP contribution < -0.4 is 0 Å². The molecule has 0 N–H and O–H groups in total. The fourth-order valence-electron chi connectivity index (χ4n) is 2.97. The second-order valence-corrected chi connectivity index (χ2v) is 4.98. The maximum absolute atomic E-state index is 2.40. The van der Waals surface area contributed by atoms with Crippen LogP contribution in [-0.2, 0) is 6.42 Å². The van der Waals surface area contributed by atoms with Gasteiger partial charge in [0.25, 0.3) is 0 Å². The fraction of sp³-hybridized carbons (Fsp3) is 0.571. The molecular weight excluding hydrogens is 168 g/mol. The summed E-state index contributed by atoms with van der Waals surface area (Å²) in [4.78, 5) is 0. The van der Waals surface area contributed by atoms with Gasteiger partial charge in [-0.1, -0.05) is 45.0 Å². The van der Waals surface area contributed by atoms with Crippen LogP contribution in [0.1, 0.15) is 44.2 Å². The van der Waals surface area contributed by atoms with Crippen LogP contribution in [0.3, 0.4) is 0 Å². The Hall–Kier alpha value is -0.780. The summed E-state index contributed by atoms with van der Waals surface area (Å²) in [6.07, 6.45) is 2.64. The molecule has 2 rings (SSSR count). The molecule has 0 aromatic heterocycles. The van der Waals surface area contributed by atoms with Crippen molar-refractivity contribution in [1.29, 1.82) is 0 Å². The number of rotatable bonds is 1. The normalized spacial score (nSPS) is 26.3. The largest absolute Gasteiger partial charge is 0.0622 e. The average molecular weight is 188 g/mol. The lowest BCUT2D eigenvalue weighted by Crippen LogP contribution is -2.22. The van der Waals surface area contributed by atoms with E-state index in [2.05, 4.69) is 45.0 Å². The number of benzene rings is 1. The van der Waals surface area contributed by atoms with Gasteiger partial charge in [0.05, 0.1) is 0 Å². The van der Waals surface area contributed by atoms with Gasteiger partial charge >= 0.3 is 0 Å². The Kier molecular flexibility index (Phi) is 2.62. The van der Waals surface area contributed by atoms with E-state index in [0.717, 1.165) is 17.8 Å². The first-order valence-corrected chi connectivity index (χ1v) is 5.78. The molecule has 0 amide bonds. The van der Waals surface area contributed by atoms with Gasteiger partial charge in [-0.3, -0.25) is 0 Å². The Balaban J connectivity index is 2.41. The molecule has 1 aliphatic carbocycles. The van der Waals surface area contributed by atoms with E-state index in [-0.39, 0.29) is 0 Å². The van der Waals surface area contributed by atoms with Gasteiger partial charge in [0.2, 0.25) is 0 Å². The summed E-state index contributed by atoms with van der Waals surface area (Å²) in [5.41, 5.74) is 3.20. The van der Waals surface area contributed by atoms with Crippen molar-refractivity contribution in [3.63, 3.8) is 0 Å². The molecule has 76 valence electrons. The molecule has 1 aliphatic rings. The van der Waals surface area contributed by atoms with Crippen LogP contribution in [0, 0.1) is 11.8 Å². The lowest BCUT2D eigenvalue weighted by molar-refractivity contribution is 0.327. The van der Waals surface area contributed by atoms with Crippen LogP contribution in [0.25, 0.3) is 0 Å². The maximum atomic E-state index is 2.40. The Bertz CT molecular complexity index is 312. The van der Waals surface area contributed by atoms with Crippen LogP contribution in [0.15, 0.2) is 24.3 Å². The van der Waals surface area contributed by atoms with Gasteiger partial charge in [-0.2, -0.15) is 0 Å². The van der Waals surface area contributed by atoms with Crippen LogP contribution in [0.2, 0.25) is 0 Å². The standard InChI is InChI=1S/C14H20/c1-10(2)14-11(3)8-9-12-6-4-5-7-13(12)14/h4-7,10-11,14H,8-9H2,1-3H3/t11-,14-/m0/s1. The average Bonchev–Trinajstić information content (AvgIpc) is 2.17.